The van der Waals surface area contributed by atoms with Crippen molar-refractivity contribution in [1.29, 1.82) is 0 Å². The molecule has 0 saturated heterocycles. The first-order chi connectivity index (χ1) is 32.7. The van der Waals surface area contributed by atoms with Gasteiger partial charge in [0, 0.05) is 65.4 Å². The van der Waals surface area contributed by atoms with E-state index in [9.17, 15) is 0 Å². The van der Waals surface area contributed by atoms with Crippen LogP contribution in [0.4, 0.5) is 45.5 Å². The standard InChI is InChI=1S/C64H68BN3S/c1-39-33-40(2)58-52(34-39)68(64(13)32-17-16-31-63(58,64)12)45-37-53-59-54(38-45)67(51-20-18-22-56-57(51)46-19-14-15-21-55(46)69-56)50-30-26-43(62(9,10)11)36-48(50)65(59)47-35-42(61(6,7)8)25-29-49(47)66(53)44-27-23-41(24-28-44)60(3,4)5/h14-15,18-30,33-38H,16-17,31-32H2,1-13H3. The van der Waals surface area contributed by atoms with Crippen LogP contribution in [0.1, 0.15) is 135 Å². The zero-order valence-electron chi connectivity index (χ0n) is 43.3. The summed E-state index contributed by atoms with van der Waals surface area (Å²) >= 11 is 1.91. The third-order valence-corrected chi connectivity index (χ3v) is 18.3. The van der Waals surface area contributed by atoms with E-state index < -0.39 is 0 Å². The van der Waals surface area contributed by atoms with E-state index in [1.54, 1.807) is 5.56 Å². The van der Waals surface area contributed by atoms with Crippen LogP contribution in [0.5, 0.6) is 0 Å². The topological polar surface area (TPSA) is 9.72 Å². The molecule has 7 aromatic carbocycles. The Labute approximate surface area is 416 Å². The van der Waals surface area contributed by atoms with Gasteiger partial charge in [0.05, 0.1) is 11.2 Å². The van der Waals surface area contributed by atoms with E-state index in [1.807, 2.05) is 11.3 Å². The summed E-state index contributed by atoms with van der Waals surface area (Å²) in [5.41, 5.74) is 22.5. The minimum atomic E-state index is -0.123. The van der Waals surface area contributed by atoms with Crippen LogP contribution in [-0.4, -0.2) is 12.3 Å². The van der Waals surface area contributed by atoms with Gasteiger partial charge in [-0.15, -0.1) is 11.3 Å². The van der Waals surface area contributed by atoms with Crippen LogP contribution in [0, 0.1) is 13.8 Å². The Hall–Kier alpha value is -5.78. The van der Waals surface area contributed by atoms with E-state index in [0.717, 1.165) is 6.42 Å². The fourth-order valence-electron chi connectivity index (χ4n) is 13.4. The molecule has 1 saturated carbocycles. The van der Waals surface area contributed by atoms with Gasteiger partial charge in [-0.25, -0.2) is 0 Å². The molecule has 69 heavy (non-hydrogen) atoms. The maximum Gasteiger partial charge on any atom is 0.252 e. The molecule has 0 N–H and O–H groups in total. The van der Waals surface area contributed by atoms with E-state index in [0.29, 0.717) is 0 Å². The number of rotatable bonds is 3. The second-order valence-corrected chi connectivity index (χ2v) is 25.8. The number of aryl methyl sites for hydroxylation is 2. The summed E-state index contributed by atoms with van der Waals surface area (Å²) in [7, 11) is 0. The quantitative estimate of drug-likeness (QED) is 0.164. The van der Waals surface area contributed by atoms with Crippen LogP contribution in [0.2, 0.25) is 0 Å². The molecule has 4 heterocycles. The minimum Gasteiger partial charge on any atom is -0.334 e. The van der Waals surface area contributed by atoms with Gasteiger partial charge in [-0.05, 0) is 160 Å². The SMILES string of the molecule is Cc1cc(C)c2c(c1)N(c1cc3c4c(c1)N(c1cccc5sc6ccccc6c15)c1ccc(C(C)(C)C)cc1B4c1cc(C(C)(C)C)ccc1N3c1ccc(C(C)(C)C)cc1)C1(C)CCCCC21C. The molecule has 0 bridgehead atoms. The van der Waals surface area contributed by atoms with Crippen molar-refractivity contribution in [2.45, 2.75) is 143 Å². The summed E-state index contributed by atoms with van der Waals surface area (Å²) in [4.78, 5) is 8.18. The van der Waals surface area contributed by atoms with Gasteiger partial charge in [-0.1, -0.05) is 149 Å². The highest BCUT2D eigenvalue weighted by Gasteiger charge is 2.59. The Balaban J connectivity index is 1.25. The predicted molar refractivity (Wildman–Crippen MR) is 302 cm³/mol. The van der Waals surface area contributed by atoms with Crippen LogP contribution in [0.3, 0.4) is 0 Å². The van der Waals surface area contributed by atoms with Crippen molar-refractivity contribution in [2.24, 2.45) is 0 Å². The van der Waals surface area contributed by atoms with Gasteiger partial charge >= 0.3 is 0 Å². The lowest BCUT2D eigenvalue weighted by Gasteiger charge is -2.51. The highest BCUT2D eigenvalue weighted by atomic mass is 32.1. The van der Waals surface area contributed by atoms with Crippen molar-refractivity contribution in [3.63, 3.8) is 0 Å². The lowest BCUT2D eigenvalue weighted by Crippen LogP contribution is -2.62. The number of hydrogen-bond acceptors (Lipinski definition) is 4. The molecular formula is C64H68BN3S. The van der Waals surface area contributed by atoms with Crippen molar-refractivity contribution in [2.75, 3.05) is 14.7 Å². The summed E-state index contributed by atoms with van der Waals surface area (Å²) in [6, 6.07) is 50.7. The maximum atomic E-state index is 2.84. The van der Waals surface area contributed by atoms with E-state index in [1.165, 1.54) is 129 Å². The lowest BCUT2D eigenvalue weighted by molar-refractivity contribution is 0.194. The normalized spacial score (nSPS) is 19.7. The Morgan fingerprint density at radius 3 is 1.74 bits per heavy atom. The molecule has 5 heteroatoms. The minimum absolute atomic E-state index is 0.00327. The van der Waals surface area contributed by atoms with Crippen LogP contribution in [-0.2, 0) is 21.7 Å². The average Bonchev–Trinajstić information content (AvgIpc) is 3.77. The summed E-state index contributed by atoms with van der Waals surface area (Å²) in [5.74, 6) is 0. The van der Waals surface area contributed by atoms with Gasteiger partial charge < -0.3 is 14.7 Å². The van der Waals surface area contributed by atoms with Gasteiger partial charge in [0.25, 0.3) is 6.71 Å². The largest absolute Gasteiger partial charge is 0.334 e. The third kappa shape index (κ3) is 6.44. The van der Waals surface area contributed by atoms with Crippen LogP contribution in [0.25, 0.3) is 20.2 Å². The van der Waals surface area contributed by atoms with Crippen LogP contribution >= 0.6 is 11.3 Å². The van der Waals surface area contributed by atoms with Crippen LogP contribution in [0.15, 0.2) is 127 Å². The van der Waals surface area contributed by atoms with Crippen molar-refractivity contribution in [3.8, 4) is 0 Å². The Morgan fingerprint density at radius 1 is 0.507 bits per heavy atom. The zero-order valence-corrected chi connectivity index (χ0v) is 44.1. The Kier molecular flexibility index (Phi) is 9.58. The van der Waals surface area contributed by atoms with E-state index in [4.69, 9.17) is 0 Å². The molecule has 0 spiro atoms. The van der Waals surface area contributed by atoms with E-state index >= 15 is 0 Å². The van der Waals surface area contributed by atoms with Gasteiger partial charge in [0.15, 0.2) is 0 Å². The number of fused-ring (bicyclic) bond motifs is 10. The molecule has 348 valence electrons. The molecule has 1 aliphatic carbocycles. The number of thiophene rings is 1. The van der Waals surface area contributed by atoms with E-state index in [-0.39, 0.29) is 33.9 Å². The summed E-state index contributed by atoms with van der Waals surface area (Å²) < 4.78 is 2.64. The first kappa shape index (κ1) is 44.4. The summed E-state index contributed by atoms with van der Waals surface area (Å²) in [6.07, 6.45) is 4.82. The fraction of sp³-hybridized carbons (Fsp3) is 0.344. The van der Waals surface area contributed by atoms with Crippen molar-refractivity contribution < 1.29 is 0 Å². The first-order valence-corrected chi connectivity index (χ1v) is 26.5. The molecule has 0 amide bonds. The number of hydrogen-bond donors (Lipinski definition) is 0. The molecule has 1 aromatic heterocycles. The predicted octanol–water partition coefficient (Wildman–Crippen LogP) is 16.4. The third-order valence-electron chi connectivity index (χ3n) is 17.2. The molecule has 8 aromatic rings. The van der Waals surface area contributed by atoms with Gasteiger partial charge in [0.2, 0.25) is 0 Å². The zero-order chi connectivity index (χ0) is 48.3. The number of anilines is 8. The average molecular weight is 922 g/mol. The molecule has 2 unspecified atom stereocenters. The Bertz CT molecular complexity index is 3430. The monoisotopic (exact) mass is 922 g/mol. The number of benzene rings is 7. The summed E-state index contributed by atoms with van der Waals surface area (Å²) in [6.45, 7) is 31.0. The second kappa shape index (κ2) is 14.9. The molecule has 12 rings (SSSR count). The summed E-state index contributed by atoms with van der Waals surface area (Å²) in [5, 5.41) is 2.64. The molecular weight excluding hydrogens is 854 g/mol. The molecule has 3 nitrogen and oxygen atoms in total. The van der Waals surface area contributed by atoms with Crippen molar-refractivity contribution in [1.82, 2.24) is 0 Å². The molecule has 4 aliphatic rings. The molecule has 3 aliphatic heterocycles. The highest BCUT2D eigenvalue weighted by molar-refractivity contribution is 7.26. The molecule has 2 atom stereocenters. The number of nitrogens with zero attached hydrogens (tertiary/aromatic N) is 3. The Morgan fingerprint density at radius 2 is 1.09 bits per heavy atom. The first-order valence-electron chi connectivity index (χ1n) is 25.7. The van der Waals surface area contributed by atoms with Crippen molar-refractivity contribution in [3.05, 3.63) is 161 Å². The van der Waals surface area contributed by atoms with Crippen molar-refractivity contribution >= 4 is 100 Å². The smallest absolute Gasteiger partial charge is 0.252 e. The lowest BCUT2D eigenvalue weighted by atomic mass is 9.33. The van der Waals surface area contributed by atoms with Gasteiger partial charge in [-0.3, -0.25) is 0 Å². The maximum absolute atomic E-state index is 2.84. The van der Waals surface area contributed by atoms with Gasteiger partial charge in [0.1, 0.15) is 0 Å². The van der Waals surface area contributed by atoms with E-state index in [2.05, 4.69) is 232 Å². The highest BCUT2D eigenvalue weighted by Crippen LogP contribution is 2.63. The second-order valence-electron chi connectivity index (χ2n) is 24.7. The molecule has 0 radical (unpaired) electrons. The van der Waals surface area contributed by atoms with Crippen LogP contribution < -0.4 is 31.1 Å². The molecule has 1 fully saturated rings. The fourth-order valence-corrected chi connectivity index (χ4v) is 14.5. The van der Waals surface area contributed by atoms with Gasteiger partial charge in [-0.2, -0.15) is 0 Å².